The summed E-state index contributed by atoms with van der Waals surface area (Å²) in [7, 11) is 1.71. The third-order valence-electron chi connectivity index (χ3n) is 4.24. The van der Waals surface area contributed by atoms with Gasteiger partial charge in [0.2, 0.25) is 0 Å². The molecule has 4 aromatic rings. The fraction of sp³-hybridized carbons (Fsp3) is 0.0526. The topological polar surface area (TPSA) is 74.7 Å². The van der Waals surface area contributed by atoms with Crippen LogP contribution < -0.4 is 10.0 Å². The monoisotopic (exact) mass is 415 g/mol. The summed E-state index contributed by atoms with van der Waals surface area (Å²) in [5.74, 6) is -0.0596. The molecule has 3 N–H and O–H groups in total. The third kappa shape index (κ3) is 3.56. The van der Waals surface area contributed by atoms with Crippen molar-refractivity contribution in [3.8, 4) is 0 Å². The van der Waals surface area contributed by atoms with E-state index < -0.39 is 5.82 Å². The molecule has 0 aliphatic heterocycles. The Morgan fingerprint density at radius 2 is 2.00 bits per heavy atom. The Hall–Kier alpha value is -2.97. The zero-order chi connectivity index (χ0) is 19.7. The van der Waals surface area contributed by atoms with Crippen LogP contribution in [0, 0.1) is 5.82 Å². The van der Waals surface area contributed by atoms with Gasteiger partial charge in [-0.3, -0.25) is 9.89 Å². The first-order valence-corrected chi connectivity index (χ1v) is 9.49. The summed E-state index contributed by atoms with van der Waals surface area (Å²) < 4.78 is 19.0. The lowest BCUT2D eigenvalue weighted by Crippen LogP contribution is -2.15. The second-order valence-corrected chi connectivity index (χ2v) is 7.32. The molecule has 142 valence electrons. The molecule has 0 atom stereocenters. The predicted molar refractivity (Wildman–Crippen MR) is 110 cm³/mol. The number of nitrogens with one attached hydrogen (secondary N) is 3. The quantitative estimate of drug-likeness (QED) is 0.398. The van der Waals surface area contributed by atoms with Crippen LogP contribution in [0.3, 0.4) is 0 Å². The normalized spacial score (nSPS) is 11.0. The highest BCUT2D eigenvalue weighted by Crippen LogP contribution is 2.28. The Labute approximate surface area is 169 Å². The van der Waals surface area contributed by atoms with Crippen molar-refractivity contribution in [1.29, 1.82) is 0 Å². The van der Waals surface area contributed by atoms with Crippen molar-refractivity contribution < 1.29 is 9.18 Å². The number of aromatic nitrogens is 3. The molecular formula is C19H15ClFN5OS. The van der Waals surface area contributed by atoms with Gasteiger partial charge in [-0.25, -0.2) is 4.39 Å². The minimum Gasteiger partial charge on any atom is -0.340 e. The van der Waals surface area contributed by atoms with Crippen LogP contribution in [0.1, 0.15) is 10.5 Å². The van der Waals surface area contributed by atoms with Gasteiger partial charge < -0.3 is 14.6 Å². The molecule has 4 rings (SSSR count). The van der Waals surface area contributed by atoms with E-state index in [2.05, 4.69) is 20.2 Å². The molecule has 1 amide bonds. The molecule has 0 spiro atoms. The minimum atomic E-state index is -0.528. The molecule has 28 heavy (non-hydrogen) atoms. The molecule has 0 saturated carbocycles. The first-order valence-electron chi connectivity index (χ1n) is 8.30. The highest BCUT2D eigenvalue weighted by atomic mass is 35.5. The number of anilines is 2. The van der Waals surface area contributed by atoms with Gasteiger partial charge in [-0.15, -0.1) is 0 Å². The number of rotatable bonds is 5. The summed E-state index contributed by atoms with van der Waals surface area (Å²) in [6, 6.07) is 13.9. The number of hydrogen-bond donors (Lipinski definition) is 3. The molecule has 0 aliphatic carbocycles. The van der Waals surface area contributed by atoms with E-state index in [1.807, 2.05) is 18.2 Å². The van der Waals surface area contributed by atoms with Crippen molar-refractivity contribution in [1.82, 2.24) is 14.8 Å². The van der Waals surface area contributed by atoms with Crippen molar-refractivity contribution in [2.75, 3.05) is 10.0 Å². The van der Waals surface area contributed by atoms with E-state index in [1.54, 1.807) is 36.0 Å². The minimum absolute atomic E-state index is 0.0295. The van der Waals surface area contributed by atoms with Gasteiger partial charge in [0, 0.05) is 29.1 Å². The van der Waals surface area contributed by atoms with Crippen LogP contribution in [0.25, 0.3) is 10.9 Å². The van der Waals surface area contributed by atoms with Crippen molar-refractivity contribution >= 4 is 51.9 Å². The van der Waals surface area contributed by atoms with Crippen molar-refractivity contribution in [2.45, 2.75) is 4.90 Å². The zero-order valence-electron chi connectivity index (χ0n) is 14.7. The van der Waals surface area contributed by atoms with Crippen molar-refractivity contribution in [3.05, 3.63) is 71.3 Å². The van der Waals surface area contributed by atoms with E-state index in [9.17, 15) is 9.18 Å². The SMILES string of the molecule is Cn1c(C(=O)Nc2ccc(SNc3ccn[nH]3)cc2)cc2c(F)c(Cl)ccc21. The number of benzene rings is 2. The summed E-state index contributed by atoms with van der Waals surface area (Å²) in [6.45, 7) is 0. The molecule has 0 unspecified atom stereocenters. The molecule has 0 fully saturated rings. The average molecular weight is 416 g/mol. The lowest BCUT2D eigenvalue weighted by Gasteiger charge is -2.08. The van der Waals surface area contributed by atoms with E-state index in [4.69, 9.17) is 11.6 Å². The zero-order valence-corrected chi connectivity index (χ0v) is 16.2. The number of aryl methyl sites for hydroxylation is 1. The number of aromatic amines is 1. The first-order chi connectivity index (χ1) is 13.5. The van der Waals surface area contributed by atoms with Crippen LogP contribution in [-0.2, 0) is 7.05 Å². The Balaban J connectivity index is 1.48. The maximum atomic E-state index is 14.2. The van der Waals surface area contributed by atoms with Crippen LogP contribution in [0.5, 0.6) is 0 Å². The summed E-state index contributed by atoms with van der Waals surface area (Å²) in [4.78, 5) is 13.6. The third-order valence-corrected chi connectivity index (χ3v) is 5.36. The number of H-pyrrole nitrogens is 1. The van der Waals surface area contributed by atoms with Gasteiger partial charge in [-0.05, 0) is 54.4 Å². The van der Waals surface area contributed by atoms with Gasteiger partial charge in [0.1, 0.15) is 11.5 Å². The van der Waals surface area contributed by atoms with E-state index in [1.165, 1.54) is 24.1 Å². The lowest BCUT2D eigenvalue weighted by molar-refractivity contribution is 0.102. The van der Waals surface area contributed by atoms with Gasteiger partial charge in [0.15, 0.2) is 5.82 Å². The number of amides is 1. The molecule has 2 aromatic heterocycles. The first kappa shape index (κ1) is 18.4. The van der Waals surface area contributed by atoms with E-state index in [0.717, 1.165) is 10.7 Å². The van der Waals surface area contributed by atoms with Crippen LogP contribution in [-0.4, -0.2) is 20.7 Å². The molecule has 6 nitrogen and oxygen atoms in total. The van der Waals surface area contributed by atoms with Gasteiger partial charge >= 0.3 is 0 Å². The highest BCUT2D eigenvalue weighted by molar-refractivity contribution is 8.00. The molecule has 9 heteroatoms. The molecular weight excluding hydrogens is 401 g/mol. The predicted octanol–water partition coefficient (Wildman–Crippen LogP) is 5.07. The Morgan fingerprint density at radius 1 is 1.21 bits per heavy atom. The highest BCUT2D eigenvalue weighted by Gasteiger charge is 2.17. The van der Waals surface area contributed by atoms with E-state index >= 15 is 0 Å². The maximum Gasteiger partial charge on any atom is 0.272 e. The van der Waals surface area contributed by atoms with Crippen LogP contribution >= 0.6 is 23.5 Å². The van der Waals surface area contributed by atoms with Crippen LogP contribution in [0.2, 0.25) is 5.02 Å². The van der Waals surface area contributed by atoms with Gasteiger partial charge in [-0.1, -0.05) is 11.6 Å². The maximum absolute atomic E-state index is 14.2. The second-order valence-electron chi connectivity index (χ2n) is 6.04. The number of hydrogen-bond acceptors (Lipinski definition) is 4. The Kier molecular flexibility index (Phi) is 4.97. The van der Waals surface area contributed by atoms with Gasteiger partial charge in [-0.2, -0.15) is 5.10 Å². The lowest BCUT2D eigenvalue weighted by atomic mass is 10.2. The molecule has 0 aliphatic rings. The fourth-order valence-corrected chi connectivity index (χ4v) is 3.57. The molecule has 0 radical (unpaired) electrons. The Bertz CT molecular complexity index is 1140. The fourth-order valence-electron chi connectivity index (χ4n) is 2.80. The van der Waals surface area contributed by atoms with Crippen LogP contribution in [0.15, 0.2) is 59.6 Å². The number of fused-ring (bicyclic) bond motifs is 1. The van der Waals surface area contributed by atoms with Crippen molar-refractivity contribution in [3.63, 3.8) is 0 Å². The smallest absolute Gasteiger partial charge is 0.272 e. The molecule has 2 heterocycles. The summed E-state index contributed by atoms with van der Waals surface area (Å²) in [6.07, 6.45) is 1.66. The second kappa shape index (κ2) is 7.57. The largest absolute Gasteiger partial charge is 0.340 e. The summed E-state index contributed by atoms with van der Waals surface area (Å²) >= 11 is 7.25. The number of halogens is 2. The van der Waals surface area contributed by atoms with E-state index in [-0.39, 0.29) is 10.9 Å². The summed E-state index contributed by atoms with van der Waals surface area (Å²) in [5, 5.41) is 9.85. The standard InChI is InChI=1S/C19H15ClFN5OS/c1-26-15-7-6-14(20)18(21)13(15)10-16(26)19(27)23-11-2-4-12(5-3-11)28-25-17-8-9-22-24-17/h2-10H,1H3,(H,23,27)(H2,22,24,25). The molecule has 0 bridgehead atoms. The van der Waals surface area contributed by atoms with Gasteiger partial charge in [0.05, 0.1) is 16.7 Å². The van der Waals surface area contributed by atoms with Gasteiger partial charge in [0.25, 0.3) is 5.91 Å². The van der Waals surface area contributed by atoms with Crippen LogP contribution in [0.4, 0.5) is 15.9 Å². The number of carbonyl (C=O) groups excluding carboxylic acids is 1. The molecule has 2 aromatic carbocycles. The number of carbonyl (C=O) groups is 1. The summed E-state index contributed by atoms with van der Waals surface area (Å²) in [5.41, 5.74) is 1.58. The van der Waals surface area contributed by atoms with Crippen molar-refractivity contribution in [2.24, 2.45) is 7.05 Å². The average Bonchev–Trinajstić information content (AvgIpc) is 3.32. The molecule has 0 saturated heterocycles. The Morgan fingerprint density at radius 3 is 2.71 bits per heavy atom. The number of nitrogens with zero attached hydrogens (tertiary/aromatic N) is 2. The van der Waals surface area contributed by atoms with E-state index in [0.29, 0.717) is 22.3 Å².